The number of para-hydroxylation sites is 1. The van der Waals surface area contributed by atoms with Crippen LogP contribution < -0.4 is 5.32 Å². The van der Waals surface area contributed by atoms with E-state index in [1.165, 1.54) is 12.1 Å². The highest BCUT2D eigenvalue weighted by Crippen LogP contribution is 2.43. The summed E-state index contributed by atoms with van der Waals surface area (Å²) in [6.45, 7) is 4.66. The topological polar surface area (TPSA) is 89.8 Å². The zero-order valence-electron chi connectivity index (χ0n) is 23.8. The lowest BCUT2D eigenvalue weighted by atomic mass is 9.94. The number of ether oxygens (including phenoxy) is 2. The molecule has 0 aliphatic carbocycles. The molecule has 2 unspecified atom stereocenters. The lowest BCUT2D eigenvalue weighted by Gasteiger charge is -2.29. The quantitative estimate of drug-likeness (QED) is 0.208. The molecule has 1 amide bonds. The Labute approximate surface area is 244 Å². The molecular weight excluding hydrogens is 535 g/mol. The number of nitrogens with zero attached hydrogens (tertiary/aromatic N) is 1. The van der Waals surface area contributed by atoms with E-state index in [9.17, 15) is 19.1 Å². The minimum Gasteiger partial charge on any atom is -0.481 e. The van der Waals surface area contributed by atoms with Crippen LogP contribution in [0.3, 0.4) is 0 Å². The number of carbonyl (C=O) groups excluding carboxylic acids is 1. The molecule has 3 aromatic carbocycles. The molecule has 5 rings (SSSR count). The second kappa shape index (κ2) is 13.1. The number of carboxylic acid groups (broad SMARTS) is 1. The van der Waals surface area contributed by atoms with E-state index in [1.54, 1.807) is 12.1 Å². The maximum absolute atomic E-state index is 14.2. The summed E-state index contributed by atoms with van der Waals surface area (Å²) in [5.74, 6) is -1.51. The molecule has 0 bridgehead atoms. The van der Waals surface area contributed by atoms with Crippen molar-refractivity contribution in [2.24, 2.45) is 0 Å². The number of carboxylic acids is 1. The summed E-state index contributed by atoms with van der Waals surface area (Å²) in [4.78, 5) is 25.4. The fourth-order valence-electron chi connectivity index (χ4n) is 5.68. The van der Waals surface area contributed by atoms with Crippen LogP contribution in [0, 0.1) is 5.82 Å². The molecule has 1 aliphatic rings. The van der Waals surface area contributed by atoms with Crippen molar-refractivity contribution in [3.63, 3.8) is 0 Å². The first-order chi connectivity index (χ1) is 20.3. The van der Waals surface area contributed by atoms with E-state index in [-0.39, 0.29) is 37.0 Å². The Morgan fingerprint density at radius 1 is 0.929 bits per heavy atom. The predicted molar refractivity (Wildman–Crippen MR) is 160 cm³/mol. The van der Waals surface area contributed by atoms with Crippen LogP contribution in [0.2, 0.25) is 0 Å². The number of halogens is 1. The summed E-state index contributed by atoms with van der Waals surface area (Å²) in [5.41, 5.74) is 5.36. The highest BCUT2D eigenvalue weighted by Gasteiger charge is 2.32. The number of benzene rings is 3. The molecule has 2 atom stereocenters. The average molecular weight is 571 g/mol. The Kier molecular flexibility index (Phi) is 9.15. The molecule has 1 fully saturated rings. The molecule has 2 heterocycles. The number of rotatable bonds is 10. The molecule has 1 saturated heterocycles. The molecule has 1 aromatic heterocycles. The molecule has 218 valence electrons. The Balaban J connectivity index is 1.65. The number of aliphatic carboxylic acids is 1. The zero-order chi connectivity index (χ0) is 29.6. The fourth-order valence-corrected chi connectivity index (χ4v) is 5.68. The lowest BCUT2D eigenvalue weighted by Crippen LogP contribution is -2.33. The summed E-state index contributed by atoms with van der Waals surface area (Å²) in [6.07, 6.45) is 0.329. The predicted octanol–water partition coefficient (Wildman–Crippen LogP) is 7.33. The molecule has 7 nitrogen and oxygen atoms in total. The van der Waals surface area contributed by atoms with Crippen molar-refractivity contribution in [1.29, 1.82) is 0 Å². The normalized spacial score (nSPS) is 16.9. The Morgan fingerprint density at radius 3 is 2.21 bits per heavy atom. The number of anilines is 1. The van der Waals surface area contributed by atoms with Crippen molar-refractivity contribution in [1.82, 2.24) is 4.57 Å². The van der Waals surface area contributed by atoms with E-state index < -0.39 is 12.1 Å². The fraction of sp³-hybridized carbons (Fsp3) is 0.294. The van der Waals surface area contributed by atoms with Gasteiger partial charge in [0.15, 0.2) is 0 Å². The minimum absolute atomic E-state index is 0.0337. The van der Waals surface area contributed by atoms with E-state index in [0.717, 1.165) is 28.1 Å². The second-order valence-corrected chi connectivity index (χ2v) is 10.8. The third-order valence-electron chi connectivity index (χ3n) is 7.50. The summed E-state index contributed by atoms with van der Waals surface area (Å²) >= 11 is 0. The van der Waals surface area contributed by atoms with Gasteiger partial charge in [-0.3, -0.25) is 9.59 Å². The number of nitrogens with one attached hydrogen (secondary N) is 1. The highest BCUT2D eigenvalue weighted by atomic mass is 19.1. The standard InChI is InChI=1S/C34H35FN2O5/c1-22(2)32-31(34(40)36-26-11-7-4-8-12-26)30(23-9-5-3-6-10-23)33(24-13-15-25(35)16-14-24)37(32)18-17-27-19-28(20-29(38)39)42-21-41-27/h3-16,22,27-28H,17-21H2,1-2H3,(H,36,40)(H,38,39). The van der Waals surface area contributed by atoms with Crippen LogP contribution in [0.5, 0.6) is 0 Å². The van der Waals surface area contributed by atoms with Crippen molar-refractivity contribution in [2.45, 2.75) is 57.8 Å². The van der Waals surface area contributed by atoms with Crippen LogP contribution in [0.25, 0.3) is 22.4 Å². The largest absolute Gasteiger partial charge is 0.481 e. The average Bonchev–Trinajstić information content (AvgIpc) is 3.33. The van der Waals surface area contributed by atoms with E-state index in [0.29, 0.717) is 30.6 Å². The molecule has 4 aromatic rings. The van der Waals surface area contributed by atoms with Crippen LogP contribution >= 0.6 is 0 Å². The highest BCUT2D eigenvalue weighted by molar-refractivity contribution is 6.12. The van der Waals surface area contributed by atoms with Gasteiger partial charge in [-0.2, -0.15) is 0 Å². The molecular formula is C34H35FN2O5. The van der Waals surface area contributed by atoms with Gasteiger partial charge in [-0.25, -0.2) is 4.39 Å². The number of hydrogen-bond acceptors (Lipinski definition) is 4. The van der Waals surface area contributed by atoms with E-state index in [4.69, 9.17) is 9.47 Å². The number of amides is 1. The third kappa shape index (κ3) is 6.61. The van der Waals surface area contributed by atoms with Gasteiger partial charge >= 0.3 is 5.97 Å². The Hall–Kier alpha value is -4.27. The number of carbonyl (C=O) groups is 2. The number of aromatic nitrogens is 1. The Bertz CT molecular complexity index is 1520. The van der Waals surface area contributed by atoms with Crippen LogP contribution in [0.1, 0.15) is 55.1 Å². The van der Waals surface area contributed by atoms with Crippen LogP contribution in [-0.2, 0) is 20.8 Å². The van der Waals surface area contributed by atoms with Gasteiger partial charge in [-0.05, 0) is 59.9 Å². The van der Waals surface area contributed by atoms with Gasteiger partial charge in [0, 0.05) is 29.9 Å². The van der Waals surface area contributed by atoms with Gasteiger partial charge in [-0.1, -0.05) is 62.4 Å². The first-order valence-corrected chi connectivity index (χ1v) is 14.2. The van der Waals surface area contributed by atoms with Crippen LogP contribution in [0.4, 0.5) is 10.1 Å². The summed E-state index contributed by atoms with van der Waals surface area (Å²) in [7, 11) is 0. The lowest BCUT2D eigenvalue weighted by molar-refractivity contribution is -0.183. The van der Waals surface area contributed by atoms with Gasteiger partial charge in [0.05, 0.1) is 29.9 Å². The summed E-state index contributed by atoms with van der Waals surface area (Å²) < 4.78 is 27.6. The first kappa shape index (κ1) is 29.2. The smallest absolute Gasteiger partial charge is 0.305 e. The second-order valence-electron chi connectivity index (χ2n) is 10.8. The molecule has 0 spiro atoms. The molecule has 1 aliphatic heterocycles. The molecule has 2 N–H and O–H groups in total. The third-order valence-corrected chi connectivity index (χ3v) is 7.50. The van der Waals surface area contributed by atoms with Gasteiger partial charge in [-0.15, -0.1) is 0 Å². The van der Waals surface area contributed by atoms with Crippen molar-refractivity contribution in [3.05, 3.63) is 102 Å². The molecule has 8 heteroatoms. The van der Waals surface area contributed by atoms with E-state index in [2.05, 4.69) is 23.7 Å². The van der Waals surface area contributed by atoms with Crippen LogP contribution in [0.15, 0.2) is 84.9 Å². The molecule has 42 heavy (non-hydrogen) atoms. The maximum Gasteiger partial charge on any atom is 0.305 e. The maximum atomic E-state index is 14.2. The van der Waals surface area contributed by atoms with Gasteiger partial charge in [0.2, 0.25) is 0 Å². The SMILES string of the molecule is CC(C)c1c(C(=O)Nc2ccccc2)c(-c2ccccc2)c(-c2ccc(F)cc2)n1CCC1CC(CC(=O)O)OCO1. The van der Waals surface area contributed by atoms with Crippen molar-refractivity contribution >= 4 is 17.6 Å². The van der Waals surface area contributed by atoms with E-state index in [1.807, 2.05) is 60.7 Å². The molecule has 0 saturated carbocycles. The van der Waals surface area contributed by atoms with Crippen molar-refractivity contribution in [2.75, 3.05) is 12.1 Å². The zero-order valence-corrected chi connectivity index (χ0v) is 23.8. The Morgan fingerprint density at radius 2 is 1.57 bits per heavy atom. The minimum atomic E-state index is -0.909. The summed E-state index contributed by atoms with van der Waals surface area (Å²) in [5, 5.41) is 12.3. The molecule has 0 radical (unpaired) electrons. The van der Waals surface area contributed by atoms with Gasteiger partial charge in [0.25, 0.3) is 5.91 Å². The van der Waals surface area contributed by atoms with Crippen molar-refractivity contribution in [3.8, 4) is 22.4 Å². The monoisotopic (exact) mass is 570 g/mol. The van der Waals surface area contributed by atoms with Crippen LogP contribution in [-0.4, -0.2) is 40.6 Å². The number of hydrogen-bond donors (Lipinski definition) is 2. The summed E-state index contributed by atoms with van der Waals surface area (Å²) in [6, 6.07) is 25.4. The van der Waals surface area contributed by atoms with E-state index >= 15 is 0 Å². The van der Waals surface area contributed by atoms with Gasteiger partial charge in [0.1, 0.15) is 12.6 Å². The van der Waals surface area contributed by atoms with Gasteiger partial charge < -0.3 is 24.5 Å². The first-order valence-electron chi connectivity index (χ1n) is 14.2. The van der Waals surface area contributed by atoms with Crippen molar-refractivity contribution < 1.29 is 28.6 Å².